The van der Waals surface area contributed by atoms with E-state index in [-0.39, 0.29) is 11.7 Å². The van der Waals surface area contributed by atoms with Gasteiger partial charge in [-0.25, -0.2) is 9.37 Å². The second kappa shape index (κ2) is 5.44. The normalized spacial score (nSPS) is 13.0. The molecule has 0 fully saturated rings. The van der Waals surface area contributed by atoms with Crippen LogP contribution in [0, 0.1) is 11.2 Å². The molecular formula is C15H13BrFN3O. The van der Waals surface area contributed by atoms with Crippen molar-refractivity contribution in [3.63, 3.8) is 0 Å². The second-order valence-corrected chi connectivity index (χ2v) is 5.75. The number of nitrogens with zero attached hydrogens (tertiary/aromatic N) is 1. The molecular weight excluding hydrogens is 337 g/mol. The summed E-state index contributed by atoms with van der Waals surface area (Å²) in [5, 5.41) is 7.67. The molecule has 3 N–H and O–H groups in total. The summed E-state index contributed by atoms with van der Waals surface area (Å²) in [4.78, 5) is 4.47. The molecule has 108 valence electrons. The molecule has 1 heterocycles. The van der Waals surface area contributed by atoms with Crippen LogP contribution in [0.4, 0.5) is 4.39 Å². The molecule has 6 heteroatoms. The van der Waals surface area contributed by atoms with Gasteiger partial charge in [0.25, 0.3) is 0 Å². The van der Waals surface area contributed by atoms with E-state index in [9.17, 15) is 4.39 Å². The summed E-state index contributed by atoms with van der Waals surface area (Å²) < 4.78 is 19.3. The van der Waals surface area contributed by atoms with Crippen LogP contribution in [0.25, 0.3) is 0 Å². The number of nitrogen functional groups attached to an aromatic ring is 1. The number of nitrogens with one attached hydrogen (secondary N) is 1. The van der Waals surface area contributed by atoms with E-state index < -0.39 is 0 Å². The zero-order valence-corrected chi connectivity index (χ0v) is 12.7. The summed E-state index contributed by atoms with van der Waals surface area (Å²) in [6.45, 7) is 0. The van der Waals surface area contributed by atoms with Crippen LogP contribution in [0.1, 0.15) is 23.2 Å². The minimum atomic E-state index is -0.365. The highest BCUT2D eigenvalue weighted by Crippen LogP contribution is 2.31. The van der Waals surface area contributed by atoms with Gasteiger partial charge in [0.15, 0.2) is 0 Å². The van der Waals surface area contributed by atoms with Crippen LogP contribution < -0.4 is 10.5 Å². The number of ether oxygens (including phenoxy) is 1. The van der Waals surface area contributed by atoms with Crippen LogP contribution in [0.5, 0.6) is 11.6 Å². The van der Waals surface area contributed by atoms with Crippen molar-refractivity contribution in [1.29, 1.82) is 5.41 Å². The predicted octanol–water partition coefficient (Wildman–Crippen LogP) is 3.55. The standard InChI is InChI=1S/C15H13BrFN3O/c16-11-7-9(4-5-12(11)17)21-15-10(14(18)19)6-8-2-1-3-13(8)20-15/h4-7H,1-3H2,(H3,18,19). The number of hydrogen-bond donors (Lipinski definition) is 2. The Balaban J connectivity index is 2.01. The van der Waals surface area contributed by atoms with Gasteiger partial charge in [0, 0.05) is 5.69 Å². The average Bonchev–Trinajstić information content (AvgIpc) is 2.89. The highest BCUT2D eigenvalue weighted by atomic mass is 79.9. The Labute approximate surface area is 129 Å². The Morgan fingerprint density at radius 2 is 2.14 bits per heavy atom. The molecule has 0 aliphatic heterocycles. The minimum absolute atomic E-state index is 0.0895. The molecule has 0 spiro atoms. The maximum absolute atomic E-state index is 13.3. The lowest BCUT2D eigenvalue weighted by Gasteiger charge is -2.12. The molecule has 1 aromatic heterocycles. The third-order valence-electron chi connectivity index (χ3n) is 3.41. The summed E-state index contributed by atoms with van der Waals surface area (Å²) in [6, 6.07) is 6.21. The predicted molar refractivity (Wildman–Crippen MR) is 81.5 cm³/mol. The topological polar surface area (TPSA) is 72.0 Å². The smallest absolute Gasteiger partial charge is 0.230 e. The highest BCUT2D eigenvalue weighted by molar-refractivity contribution is 9.10. The van der Waals surface area contributed by atoms with Crippen molar-refractivity contribution in [2.24, 2.45) is 5.73 Å². The van der Waals surface area contributed by atoms with Gasteiger partial charge in [-0.1, -0.05) is 0 Å². The van der Waals surface area contributed by atoms with E-state index in [1.807, 2.05) is 6.07 Å². The molecule has 0 bridgehead atoms. The molecule has 0 radical (unpaired) electrons. The number of nitrogens with two attached hydrogens (primary N) is 1. The molecule has 21 heavy (non-hydrogen) atoms. The van der Waals surface area contributed by atoms with Crippen molar-refractivity contribution in [2.45, 2.75) is 19.3 Å². The van der Waals surface area contributed by atoms with E-state index in [0.29, 0.717) is 21.7 Å². The lowest BCUT2D eigenvalue weighted by molar-refractivity contribution is 0.457. The number of fused-ring (bicyclic) bond motifs is 1. The molecule has 1 aliphatic rings. The highest BCUT2D eigenvalue weighted by Gasteiger charge is 2.19. The lowest BCUT2D eigenvalue weighted by atomic mass is 10.1. The number of benzene rings is 1. The summed E-state index contributed by atoms with van der Waals surface area (Å²) in [5.74, 6) is 0.280. The molecule has 0 amide bonds. The number of halogens is 2. The quantitative estimate of drug-likeness (QED) is 0.657. The number of pyridine rings is 1. The van der Waals surface area contributed by atoms with Gasteiger partial charge in [-0.3, -0.25) is 5.41 Å². The Hall–Kier alpha value is -1.95. The van der Waals surface area contributed by atoms with Crippen LogP contribution in [-0.4, -0.2) is 10.8 Å². The van der Waals surface area contributed by atoms with Gasteiger partial charge in [0.2, 0.25) is 5.88 Å². The van der Waals surface area contributed by atoms with E-state index in [1.165, 1.54) is 18.2 Å². The van der Waals surface area contributed by atoms with E-state index in [1.54, 1.807) is 0 Å². The van der Waals surface area contributed by atoms with Crippen molar-refractivity contribution in [2.75, 3.05) is 0 Å². The molecule has 3 rings (SSSR count). The largest absolute Gasteiger partial charge is 0.438 e. The average molecular weight is 350 g/mol. The molecule has 0 atom stereocenters. The van der Waals surface area contributed by atoms with Crippen molar-refractivity contribution in [1.82, 2.24) is 4.98 Å². The van der Waals surface area contributed by atoms with Gasteiger partial charge >= 0.3 is 0 Å². The van der Waals surface area contributed by atoms with Crippen molar-refractivity contribution >= 4 is 21.8 Å². The van der Waals surface area contributed by atoms with Gasteiger partial charge in [-0.05, 0) is 65.0 Å². The number of hydrogen-bond acceptors (Lipinski definition) is 3. The first kappa shape index (κ1) is 14.0. The number of aromatic nitrogens is 1. The van der Waals surface area contributed by atoms with Crippen molar-refractivity contribution < 1.29 is 9.13 Å². The fourth-order valence-corrected chi connectivity index (χ4v) is 2.73. The number of amidine groups is 1. The minimum Gasteiger partial charge on any atom is -0.438 e. The molecule has 2 aromatic rings. The molecule has 1 aromatic carbocycles. The van der Waals surface area contributed by atoms with Crippen LogP contribution in [0.2, 0.25) is 0 Å². The molecule has 0 saturated heterocycles. The first-order valence-corrected chi connectivity index (χ1v) is 7.34. The molecule has 4 nitrogen and oxygen atoms in total. The summed E-state index contributed by atoms with van der Waals surface area (Å²) >= 11 is 3.11. The van der Waals surface area contributed by atoms with Gasteiger partial charge in [0.05, 0.1) is 10.0 Å². The van der Waals surface area contributed by atoms with Gasteiger partial charge in [-0.15, -0.1) is 0 Å². The van der Waals surface area contributed by atoms with Crippen LogP contribution in [0.3, 0.4) is 0 Å². The third kappa shape index (κ3) is 2.76. The summed E-state index contributed by atoms with van der Waals surface area (Å²) in [6.07, 6.45) is 2.90. The first-order valence-electron chi connectivity index (χ1n) is 6.54. The van der Waals surface area contributed by atoms with Crippen molar-refractivity contribution in [3.05, 3.63) is 51.4 Å². The fourth-order valence-electron chi connectivity index (χ4n) is 2.38. The van der Waals surface area contributed by atoms with Crippen LogP contribution in [0.15, 0.2) is 28.7 Å². The van der Waals surface area contributed by atoms with E-state index in [4.69, 9.17) is 15.9 Å². The third-order valence-corrected chi connectivity index (χ3v) is 4.02. The van der Waals surface area contributed by atoms with Gasteiger partial charge in [-0.2, -0.15) is 0 Å². The Kier molecular flexibility index (Phi) is 3.63. The molecule has 0 saturated carbocycles. The Morgan fingerprint density at radius 3 is 2.86 bits per heavy atom. The number of aryl methyl sites for hydroxylation is 2. The summed E-state index contributed by atoms with van der Waals surface area (Å²) in [5.41, 5.74) is 8.18. The lowest BCUT2D eigenvalue weighted by Crippen LogP contribution is -2.14. The van der Waals surface area contributed by atoms with E-state index >= 15 is 0 Å². The second-order valence-electron chi connectivity index (χ2n) is 4.89. The zero-order chi connectivity index (χ0) is 15.0. The van der Waals surface area contributed by atoms with Crippen molar-refractivity contribution in [3.8, 4) is 11.6 Å². The van der Waals surface area contributed by atoms with Crippen LogP contribution >= 0.6 is 15.9 Å². The first-order chi connectivity index (χ1) is 10.0. The maximum atomic E-state index is 13.3. The van der Waals surface area contributed by atoms with E-state index in [0.717, 1.165) is 30.5 Å². The van der Waals surface area contributed by atoms with Gasteiger partial charge in [0.1, 0.15) is 17.4 Å². The maximum Gasteiger partial charge on any atom is 0.230 e. The van der Waals surface area contributed by atoms with E-state index in [2.05, 4.69) is 20.9 Å². The monoisotopic (exact) mass is 349 g/mol. The SMILES string of the molecule is N=C(N)c1cc2c(nc1Oc1ccc(F)c(Br)c1)CCC2. The van der Waals surface area contributed by atoms with Crippen LogP contribution in [-0.2, 0) is 12.8 Å². The summed E-state index contributed by atoms with van der Waals surface area (Å²) in [7, 11) is 0. The van der Waals surface area contributed by atoms with Gasteiger partial charge < -0.3 is 10.5 Å². The number of rotatable bonds is 3. The zero-order valence-electron chi connectivity index (χ0n) is 11.1. The fraction of sp³-hybridized carbons (Fsp3) is 0.200. The molecule has 1 aliphatic carbocycles. The Morgan fingerprint density at radius 1 is 1.33 bits per heavy atom. The Bertz CT molecular complexity index is 733. The molecule has 0 unspecified atom stereocenters.